The Bertz CT molecular complexity index is 275. The Labute approximate surface area is 141 Å². The first kappa shape index (κ1) is 20.9. The van der Waals surface area contributed by atoms with Crippen molar-refractivity contribution in [3.63, 3.8) is 0 Å². The molecule has 0 aromatic carbocycles. The Morgan fingerprint density at radius 1 is 0.905 bits per heavy atom. The van der Waals surface area contributed by atoms with Crippen LogP contribution >= 0.6 is 0 Å². The molecule has 0 heterocycles. The van der Waals surface area contributed by atoms with E-state index >= 15 is 0 Å². The van der Waals surface area contributed by atoms with Gasteiger partial charge in [0.1, 0.15) is 12.0 Å². The predicted octanol–water partition coefficient (Wildman–Crippen LogP) is 2.76. The normalized spacial score (nSPS) is 19.4. The maximum atomic E-state index is 12.1. The molecule has 0 aromatic rings. The number of aliphatic hydroxyl groups excluding tert-OH is 1. The Morgan fingerprint density at radius 2 is 1.33 bits per heavy atom. The molecule has 0 unspecified atom stereocenters. The molecule has 0 aromatic heterocycles. The molecular weight excluding hydrogens is 306 g/mol. The SMILES string of the molecule is CC(C)N(C(=O)[C]1[CH][CH][CH][C]1O)C(C)C.[CH]1[CH][CH][CH][CH]1.[Fe+2]. The molecule has 0 bridgehead atoms. The molecule has 2 rings (SSSR count). The van der Waals surface area contributed by atoms with E-state index in [9.17, 15) is 9.90 Å². The third-order valence-corrected chi connectivity index (χ3v) is 2.93. The molecule has 4 heteroatoms. The molecule has 0 aliphatic heterocycles. The summed E-state index contributed by atoms with van der Waals surface area (Å²) in [5.41, 5.74) is 0. The third-order valence-electron chi connectivity index (χ3n) is 2.93. The van der Waals surface area contributed by atoms with E-state index in [0.717, 1.165) is 0 Å². The van der Waals surface area contributed by atoms with Gasteiger partial charge in [0.2, 0.25) is 5.91 Å². The van der Waals surface area contributed by atoms with Crippen LogP contribution in [0.25, 0.3) is 0 Å². The van der Waals surface area contributed by atoms with Gasteiger partial charge in [-0.1, -0.05) is 0 Å². The average molecular weight is 329 g/mol. The summed E-state index contributed by atoms with van der Waals surface area (Å²) in [6.07, 6.45) is 14.9. The number of amides is 1. The molecule has 10 radical (unpaired) electrons. The van der Waals surface area contributed by atoms with E-state index in [0.29, 0.717) is 5.92 Å². The van der Waals surface area contributed by atoms with Crippen molar-refractivity contribution in [1.82, 2.24) is 4.90 Å². The fraction of sp³-hybridized carbons (Fsp3) is 0.353. The Balaban J connectivity index is 0.000000562. The van der Waals surface area contributed by atoms with E-state index in [1.165, 1.54) is 6.42 Å². The largest absolute Gasteiger partial charge is 2.00 e. The topological polar surface area (TPSA) is 40.5 Å². The molecule has 1 N–H and O–H groups in total. The van der Waals surface area contributed by atoms with Crippen LogP contribution in [0.15, 0.2) is 0 Å². The van der Waals surface area contributed by atoms with Gasteiger partial charge in [0, 0.05) is 18.5 Å². The summed E-state index contributed by atoms with van der Waals surface area (Å²) >= 11 is 0. The van der Waals surface area contributed by atoms with Crippen molar-refractivity contribution < 1.29 is 27.0 Å². The second-order valence-corrected chi connectivity index (χ2v) is 5.19. The molecule has 2 fully saturated rings. The Morgan fingerprint density at radius 3 is 1.62 bits per heavy atom. The molecule has 1 amide bonds. The van der Waals surface area contributed by atoms with Gasteiger partial charge in [-0.25, -0.2) is 0 Å². The number of hydrogen-bond acceptors (Lipinski definition) is 2. The summed E-state index contributed by atoms with van der Waals surface area (Å²) in [5.74, 6) is 0.278. The number of carbonyl (C=O) groups is 1. The average Bonchev–Trinajstić information content (AvgIpc) is 3.00. The molecular formula is C17H23FeNO2+2. The quantitative estimate of drug-likeness (QED) is 0.809. The standard InChI is InChI=1S/C12H18NO2.C5H5.Fe/c1-8(2)13(9(3)4)12(15)10-6-5-7-11(10)14;1-2-4-5-3-1;/h5-9,14H,1-4H3;1-5H;/q;;+2. The monoisotopic (exact) mass is 329 g/mol. The molecule has 0 saturated heterocycles. The van der Waals surface area contributed by atoms with Crippen molar-refractivity contribution in [2.24, 2.45) is 0 Å². The van der Waals surface area contributed by atoms with E-state index in [2.05, 4.69) is 0 Å². The Kier molecular flexibility index (Phi) is 10.6. The van der Waals surface area contributed by atoms with Gasteiger partial charge in [0.25, 0.3) is 0 Å². The minimum absolute atomic E-state index is 0. The smallest absolute Gasteiger partial charge is 0.385 e. The molecule has 0 atom stereocenters. The van der Waals surface area contributed by atoms with Crippen molar-refractivity contribution in [2.75, 3.05) is 0 Å². The van der Waals surface area contributed by atoms with Crippen LogP contribution in [0.5, 0.6) is 0 Å². The second-order valence-electron chi connectivity index (χ2n) is 5.19. The van der Waals surface area contributed by atoms with Gasteiger partial charge >= 0.3 is 17.1 Å². The summed E-state index contributed by atoms with van der Waals surface area (Å²) in [6.45, 7) is 7.88. The van der Waals surface area contributed by atoms with Crippen molar-refractivity contribution in [2.45, 2.75) is 39.8 Å². The van der Waals surface area contributed by atoms with Gasteiger partial charge in [0.15, 0.2) is 0 Å². The summed E-state index contributed by atoms with van der Waals surface area (Å²) in [5, 5.41) is 9.49. The van der Waals surface area contributed by atoms with Crippen LogP contribution in [0.3, 0.4) is 0 Å². The summed E-state index contributed by atoms with van der Waals surface area (Å²) in [6, 6.07) is 0.263. The van der Waals surface area contributed by atoms with E-state index in [1.807, 2.05) is 59.8 Å². The molecule has 2 aliphatic rings. The zero-order valence-electron chi connectivity index (χ0n) is 12.9. The van der Waals surface area contributed by atoms with Gasteiger partial charge < -0.3 is 10.0 Å². The maximum Gasteiger partial charge on any atom is 2.00 e. The van der Waals surface area contributed by atoms with E-state index in [-0.39, 0.29) is 41.2 Å². The van der Waals surface area contributed by atoms with Crippen molar-refractivity contribution in [1.29, 1.82) is 0 Å². The number of hydrogen-bond donors (Lipinski definition) is 1. The van der Waals surface area contributed by atoms with Crippen LogP contribution in [-0.2, 0) is 21.9 Å². The minimum atomic E-state index is -0.109. The third kappa shape index (κ3) is 6.71. The Hall–Kier alpha value is -0.0505. The maximum absolute atomic E-state index is 12.1. The fourth-order valence-electron chi connectivity index (χ4n) is 2.12. The van der Waals surface area contributed by atoms with Gasteiger partial charge in [0.05, 0.1) is 0 Å². The first-order chi connectivity index (χ1) is 9.45. The van der Waals surface area contributed by atoms with Crippen LogP contribution < -0.4 is 0 Å². The molecule has 21 heavy (non-hydrogen) atoms. The van der Waals surface area contributed by atoms with E-state index < -0.39 is 0 Å². The van der Waals surface area contributed by atoms with Crippen molar-refractivity contribution in [3.8, 4) is 0 Å². The number of carbonyl (C=O) groups excluding carboxylic acids is 1. The molecule has 3 nitrogen and oxygen atoms in total. The van der Waals surface area contributed by atoms with Crippen molar-refractivity contribution in [3.05, 3.63) is 63.4 Å². The van der Waals surface area contributed by atoms with Crippen LogP contribution in [0, 0.1) is 63.4 Å². The van der Waals surface area contributed by atoms with E-state index in [4.69, 9.17) is 0 Å². The van der Waals surface area contributed by atoms with Gasteiger partial charge in [-0.2, -0.15) is 0 Å². The zero-order valence-corrected chi connectivity index (χ0v) is 14.0. The van der Waals surface area contributed by atoms with E-state index in [1.54, 1.807) is 17.7 Å². The van der Waals surface area contributed by atoms with Gasteiger partial charge in [-0.05, 0) is 72.6 Å². The van der Waals surface area contributed by atoms with Crippen LogP contribution in [0.2, 0.25) is 0 Å². The van der Waals surface area contributed by atoms with Crippen LogP contribution in [0.1, 0.15) is 27.7 Å². The summed E-state index contributed by atoms with van der Waals surface area (Å²) in [7, 11) is 0. The number of aliphatic hydroxyl groups is 1. The summed E-state index contributed by atoms with van der Waals surface area (Å²) < 4.78 is 0. The fourth-order valence-corrected chi connectivity index (χ4v) is 2.12. The first-order valence-corrected chi connectivity index (χ1v) is 6.89. The van der Waals surface area contributed by atoms with Crippen LogP contribution in [-0.4, -0.2) is 28.0 Å². The second kappa shape index (κ2) is 10.6. The van der Waals surface area contributed by atoms with Gasteiger partial charge in [-0.3, -0.25) is 4.79 Å². The molecule has 2 aliphatic carbocycles. The van der Waals surface area contributed by atoms with Crippen LogP contribution in [0.4, 0.5) is 0 Å². The van der Waals surface area contributed by atoms with Gasteiger partial charge in [-0.15, -0.1) is 0 Å². The first-order valence-electron chi connectivity index (χ1n) is 6.89. The minimum Gasteiger partial charge on any atom is -0.385 e. The number of rotatable bonds is 3. The number of nitrogens with zero attached hydrogens (tertiary/aromatic N) is 1. The predicted molar refractivity (Wildman–Crippen MR) is 79.9 cm³/mol. The zero-order chi connectivity index (χ0) is 15.1. The molecule has 2 saturated carbocycles. The summed E-state index contributed by atoms with van der Waals surface area (Å²) in [4.78, 5) is 13.8. The molecule has 114 valence electrons. The molecule has 0 spiro atoms. The van der Waals surface area contributed by atoms with Crippen molar-refractivity contribution >= 4 is 5.91 Å².